The molecule has 0 saturated carbocycles. The Labute approximate surface area is 159 Å². The third-order valence-corrected chi connectivity index (χ3v) is 6.61. The van der Waals surface area contributed by atoms with Crippen LogP contribution < -0.4 is 4.74 Å². The molecule has 2 heterocycles. The molecule has 7 nitrogen and oxygen atoms in total. The van der Waals surface area contributed by atoms with Gasteiger partial charge in [0, 0.05) is 11.5 Å². The van der Waals surface area contributed by atoms with Gasteiger partial charge >= 0.3 is 0 Å². The third kappa shape index (κ3) is 2.93. The molecule has 0 radical (unpaired) electrons. The number of hydrogen-bond acceptors (Lipinski definition) is 7. The molecule has 7 heteroatoms. The fourth-order valence-electron chi connectivity index (χ4n) is 4.30. The van der Waals surface area contributed by atoms with Gasteiger partial charge in [-0.2, -0.15) is 0 Å². The lowest BCUT2D eigenvalue weighted by molar-refractivity contribution is -0.271. The van der Waals surface area contributed by atoms with Crippen LogP contribution >= 0.6 is 0 Å². The summed E-state index contributed by atoms with van der Waals surface area (Å²) < 4.78 is 12.2. The summed E-state index contributed by atoms with van der Waals surface area (Å²) in [5.41, 5.74) is 2.25. The minimum Gasteiger partial charge on any atom is -0.507 e. The molecule has 1 saturated heterocycles. The highest BCUT2D eigenvalue weighted by atomic mass is 16.6. The minimum absolute atomic E-state index is 0.119. The molecule has 2 aliphatic heterocycles. The molecule has 0 aliphatic carbocycles. The van der Waals surface area contributed by atoms with Gasteiger partial charge in [0.25, 0.3) is 0 Å². The van der Waals surface area contributed by atoms with Gasteiger partial charge in [0.2, 0.25) is 0 Å². The standard InChI is InChI=1S/C20H30O7/c1-8-6-12-11(4)14(22)9(2)10(3)18(12)27-20(8,5)19-17(25)16(24)15(23)13(7-21)26-19/h8,13,15-17,19,21-25H,6-7H2,1-5H3/t8?,13-,15-,16+,17-,19+,20?/m1/s1. The molecular weight excluding hydrogens is 352 g/mol. The van der Waals surface area contributed by atoms with Crippen LogP contribution in [0.3, 0.4) is 0 Å². The first-order valence-electron chi connectivity index (χ1n) is 9.35. The first-order valence-corrected chi connectivity index (χ1v) is 9.35. The van der Waals surface area contributed by atoms with Crippen LogP contribution in [-0.2, 0) is 11.2 Å². The van der Waals surface area contributed by atoms with Crippen molar-refractivity contribution in [3.63, 3.8) is 0 Å². The average molecular weight is 382 g/mol. The van der Waals surface area contributed by atoms with Crippen LogP contribution in [0.2, 0.25) is 0 Å². The van der Waals surface area contributed by atoms with Gasteiger partial charge in [0.05, 0.1) is 6.61 Å². The van der Waals surface area contributed by atoms with Crippen LogP contribution in [0.1, 0.15) is 36.1 Å². The molecule has 2 unspecified atom stereocenters. The molecule has 27 heavy (non-hydrogen) atoms. The van der Waals surface area contributed by atoms with E-state index in [0.717, 1.165) is 22.3 Å². The maximum Gasteiger partial charge on any atom is 0.138 e. The van der Waals surface area contributed by atoms with Gasteiger partial charge in [-0.1, -0.05) is 6.92 Å². The average Bonchev–Trinajstić information content (AvgIpc) is 2.64. The Morgan fingerprint density at radius 1 is 1.00 bits per heavy atom. The second kappa shape index (κ2) is 6.90. The highest BCUT2D eigenvalue weighted by Gasteiger charge is 2.56. The van der Waals surface area contributed by atoms with E-state index in [1.807, 2.05) is 34.6 Å². The molecule has 1 aromatic rings. The van der Waals surface area contributed by atoms with E-state index in [-0.39, 0.29) is 11.7 Å². The first kappa shape index (κ1) is 20.4. The Hall–Kier alpha value is -1.38. The summed E-state index contributed by atoms with van der Waals surface area (Å²) in [6, 6.07) is 0. The molecule has 0 amide bonds. The van der Waals surface area contributed by atoms with Gasteiger partial charge in [0.1, 0.15) is 47.6 Å². The number of hydrogen-bond donors (Lipinski definition) is 5. The molecule has 152 valence electrons. The molecule has 7 atom stereocenters. The van der Waals surface area contributed by atoms with Crippen molar-refractivity contribution in [3.8, 4) is 11.5 Å². The van der Waals surface area contributed by atoms with Gasteiger partial charge in [-0.25, -0.2) is 0 Å². The highest BCUT2D eigenvalue weighted by Crippen LogP contribution is 2.48. The molecule has 0 bridgehead atoms. The predicted octanol–water partition coefficient (Wildman–Crippen LogP) is 0.490. The van der Waals surface area contributed by atoms with Crippen LogP contribution in [-0.4, -0.2) is 68.3 Å². The third-order valence-electron chi connectivity index (χ3n) is 6.61. The SMILES string of the molecule is Cc1c(C)c2c(c(C)c1O)CC(C)C(C)([C@H]1O[C@H](CO)[C@@H](O)[C@H](O)[C@H]1O)O2. The normalized spacial score (nSPS) is 39.0. The molecule has 1 aromatic carbocycles. The fourth-order valence-corrected chi connectivity index (χ4v) is 4.30. The van der Waals surface area contributed by atoms with Crippen molar-refractivity contribution >= 4 is 0 Å². The number of aliphatic hydroxyl groups excluding tert-OH is 4. The summed E-state index contributed by atoms with van der Waals surface area (Å²) in [6.07, 6.45) is -5.53. The van der Waals surface area contributed by atoms with Gasteiger partial charge in [-0.15, -0.1) is 0 Å². The molecule has 3 rings (SSSR count). The van der Waals surface area contributed by atoms with E-state index in [4.69, 9.17) is 9.47 Å². The summed E-state index contributed by atoms with van der Waals surface area (Å²) >= 11 is 0. The number of aromatic hydroxyl groups is 1. The topological polar surface area (TPSA) is 120 Å². The lowest BCUT2D eigenvalue weighted by Gasteiger charge is -2.52. The van der Waals surface area contributed by atoms with Crippen molar-refractivity contribution in [2.75, 3.05) is 6.61 Å². The number of fused-ring (bicyclic) bond motifs is 1. The smallest absolute Gasteiger partial charge is 0.138 e. The molecule has 0 aromatic heterocycles. The Bertz CT molecular complexity index is 732. The summed E-state index contributed by atoms with van der Waals surface area (Å²) in [5, 5.41) is 50.7. The number of rotatable bonds is 2. The van der Waals surface area contributed by atoms with Crippen molar-refractivity contribution < 1.29 is 35.0 Å². The van der Waals surface area contributed by atoms with E-state index in [1.165, 1.54) is 0 Å². The molecular formula is C20H30O7. The number of ether oxygens (including phenoxy) is 2. The summed E-state index contributed by atoms with van der Waals surface area (Å²) in [7, 11) is 0. The second-order valence-electron chi connectivity index (χ2n) is 8.17. The first-order chi connectivity index (χ1) is 12.5. The molecule has 5 N–H and O–H groups in total. The number of benzene rings is 1. The Morgan fingerprint density at radius 3 is 2.22 bits per heavy atom. The maximum absolute atomic E-state index is 10.6. The highest BCUT2D eigenvalue weighted by molar-refractivity contribution is 5.58. The summed E-state index contributed by atoms with van der Waals surface area (Å²) in [6.45, 7) is 8.84. The van der Waals surface area contributed by atoms with Crippen molar-refractivity contribution in [1.82, 2.24) is 0 Å². The summed E-state index contributed by atoms with van der Waals surface area (Å²) in [4.78, 5) is 0. The Kier molecular flexibility index (Phi) is 5.20. The van der Waals surface area contributed by atoms with E-state index in [0.29, 0.717) is 12.2 Å². The maximum atomic E-state index is 10.6. The summed E-state index contributed by atoms with van der Waals surface area (Å²) in [5.74, 6) is 0.797. The monoisotopic (exact) mass is 382 g/mol. The zero-order chi connectivity index (χ0) is 20.3. The van der Waals surface area contributed by atoms with E-state index in [1.54, 1.807) is 0 Å². The largest absolute Gasteiger partial charge is 0.507 e. The minimum atomic E-state index is -1.45. The van der Waals surface area contributed by atoms with Gasteiger partial charge < -0.3 is 35.0 Å². The number of aliphatic hydroxyl groups is 4. The molecule has 1 fully saturated rings. The number of phenols is 1. The number of phenolic OH excluding ortho intramolecular Hbond substituents is 1. The molecule has 0 spiro atoms. The predicted molar refractivity (Wildman–Crippen MR) is 98.0 cm³/mol. The van der Waals surface area contributed by atoms with E-state index in [2.05, 4.69) is 0 Å². The Balaban J connectivity index is 2.05. The van der Waals surface area contributed by atoms with Gasteiger partial charge in [-0.05, 0) is 50.8 Å². The van der Waals surface area contributed by atoms with E-state index >= 15 is 0 Å². The lowest BCUT2D eigenvalue weighted by Crippen LogP contribution is -2.68. The van der Waals surface area contributed by atoms with Crippen LogP contribution in [0, 0.1) is 26.7 Å². The Morgan fingerprint density at radius 2 is 1.63 bits per heavy atom. The van der Waals surface area contributed by atoms with Crippen molar-refractivity contribution in [2.24, 2.45) is 5.92 Å². The van der Waals surface area contributed by atoms with Crippen molar-refractivity contribution in [3.05, 3.63) is 22.3 Å². The van der Waals surface area contributed by atoms with Gasteiger partial charge in [-0.3, -0.25) is 0 Å². The van der Waals surface area contributed by atoms with Crippen LogP contribution in [0.5, 0.6) is 11.5 Å². The van der Waals surface area contributed by atoms with E-state index < -0.39 is 42.7 Å². The van der Waals surface area contributed by atoms with Crippen LogP contribution in [0.4, 0.5) is 0 Å². The van der Waals surface area contributed by atoms with Crippen molar-refractivity contribution in [2.45, 2.75) is 77.2 Å². The van der Waals surface area contributed by atoms with Crippen LogP contribution in [0.25, 0.3) is 0 Å². The van der Waals surface area contributed by atoms with Gasteiger partial charge in [0.15, 0.2) is 0 Å². The van der Waals surface area contributed by atoms with Crippen molar-refractivity contribution in [1.29, 1.82) is 0 Å². The quantitative estimate of drug-likeness (QED) is 0.505. The lowest BCUT2D eigenvalue weighted by atomic mass is 9.73. The van der Waals surface area contributed by atoms with E-state index in [9.17, 15) is 25.5 Å². The second-order valence-corrected chi connectivity index (χ2v) is 8.17. The zero-order valence-corrected chi connectivity index (χ0v) is 16.4. The molecule has 2 aliphatic rings. The zero-order valence-electron chi connectivity index (χ0n) is 16.4. The fraction of sp³-hybridized carbons (Fsp3) is 0.700. The van der Waals surface area contributed by atoms with Crippen LogP contribution in [0.15, 0.2) is 0 Å².